The maximum absolute atomic E-state index is 12.8. The summed E-state index contributed by atoms with van der Waals surface area (Å²) >= 11 is 0. The molecule has 14 heteroatoms. The number of nitrogens with zero attached hydrogens (tertiary/aromatic N) is 1. The molecule has 1 aromatic rings. The molecule has 3 heterocycles. The van der Waals surface area contributed by atoms with E-state index in [0.29, 0.717) is 6.42 Å². The summed E-state index contributed by atoms with van der Waals surface area (Å²) in [6.45, 7) is 3.48. The summed E-state index contributed by atoms with van der Waals surface area (Å²) in [6.07, 6.45) is -4.36. The Kier molecular flexibility index (Phi) is 8.42. The van der Waals surface area contributed by atoms with Gasteiger partial charge in [0.2, 0.25) is 0 Å². The van der Waals surface area contributed by atoms with Gasteiger partial charge in [-0.15, -0.1) is 0 Å². The number of methoxy groups -OCH3 is 1. The number of nitrogens with one attached hydrogen (secondary N) is 1. The molecule has 0 radical (unpaired) electrons. The third kappa shape index (κ3) is 5.93. The van der Waals surface area contributed by atoms with Gasteiger partial charge in [-0.2, -0.15) is 0 Å². The van der Waals surface area contributed by atoms with Crippen LogP contribution in [0.15, 0.2) is 21.9 Å². The number of aromatic amines is 1. The van der Waals surface area contributed by atoms with Crippen molar-refractivity contribution in [2.45, 2.75) is 63.1 Å². The average Bonchev–Trinajstić information content (AvgIpc) is 3.29. The lowest BCUT2D eigenvalue weighted by atomic mass is 10.1. The lowest BCUT2D eigenvalue weighted by Crippen LogP contribution is -2.40. The van der Waals surface area contributed by atoms with E-state index in [2.05, 4.69) is 4.98 Å². The molecular weight excluding hydrogens is 451 g/mol. The maximum atomic E-state index is 12.8. The highest BCUT2D eigenvalue weighted by Crippen LogP contribution is 2.51. The Morgan fingerprint density at radius 1 is 1.28 bits per heavy atom. The Morgan fingerprint density at radius 2 is 2.03 bits per heavy atom. The van der Waals surface area contributed by atoms with Crippen molar-refractivity contribution in [1.29, 1.82) is 0 Å². The number of phosphoric ester groups is 1. The number of phosphoric acid groups is 1. The summed E-state index contributed by atoms with van der Waals surface area (Å²) in [5, 5.41) is 9.34. The van der Waals surface area contributed by atoms with Crippen LogP contribution in [-0.2, 0) is 32.6 Å². The minimum Gasteiger partial charge on any atom is -0.394 e. The van der Waals surface area contributed by atoms with Crippen LogP contribution >= 0.6 is 7.82 Å². The fraction of sp³-hybridized carbons (Fsp3) is 0.778. The fourth-order valence-corrected chi connectivity index (χ4v) is 4.82. The summed E-state index contributed by atoms with van der Waals surface area (Å²) in [7, 11) is -3.34. The van der Waals surface area contributed by atoms with E-state index in [1.165, 1.54) is 13.3 Å². The maximum Gasteiger partial charge on any atom is 0.473 e. The van der Waals surface area contributed by atoms with Crippen LogP contribution in [0.1, 0.15) is 26.5 Å². The third-order valence-corrected chi connectivity index (χ3v) is 6.18. The standard InChI is InChI=1S/C18H29N2O11P/c1-10(2)28-9-13-15(31-32(24,25)30-11-5-7-27-12(11)8-21)16(26-3)17(29-13)20-6-4-14(22)19-18(20)23/h4,6,10-13,15-17,21H,5,7-9H2,1-3H3,(H,24,25)(H,19,22,23)/t11-,12+,13+,15+,16+,17+/m0/s1. The van der Waals surface area contributed by atoms with E-state index in [9.17, 15) is 24.2 Å². The lowest BCUT2D eigenvalue weighted by molar-refractivity contribution is -0.0806. The fourth-order valence-electron chi connectivity index (χ4n) is 3.63. The number of H-pyrrole nitrogens is 1. The van der Waals surface area contributed by atoms with Gasteiger partial charge in [0.25, 0.3) is 5.56 Å². The molecule has 32 heavy (non-hydrogen) atoms. The van der Waals surface area contributed by atoms with Crippen molar-refractivity contribution < 1.29 is 42.6 Å². The molecular formula is C18H29N2O11P. The van der Waals surface area contributed by atoms with Crippen LogP contribution in [0.2, 0.25) is 0 Å². The monoisotopic (exact) mass is 480 g/mol. The summed E-state index contributed by atoms with van der Waals surface area (Å²) < 4.78 is 46.8. The zero-order valence-electron chi connectivity index (χ0n) is 18.0. The molecule has 0 aromatic carbocycles. The first kappa shape index (κ1) is 25.2. The van der Waals surface area contributed by atoms with Gasteiger partial charge in [0, 0.05) is 32.4 Å². The third-order valence-electron chi connectivity index (χ3n) is 5.13. The molecule has 2 fully saturated rings. The minimum atomic E-state index is -4.67. The molecule has 7 atom stereocenters. The van der Waals surface area contributed by atoms with Gasteiger partial charge >= 0.3 is 13.5 Å². The van der Waals surface area contributed by atoms with E-state index in [1.807, 2.05) is 0 Å². The number of aromatic nitrogens is 2. The zero-order valence-corrected chi connectivity index (χ0v) is 18.9. The summed E-state index contributed by atoms with van der Waals surface area (Å²) in [4.78, 5) is 36.2. The molecule has 2 aliphatic heterocycles. The topological polar surface area (TPSA) is 168 Å². The van der Waals surface area contributed by atoms with E-state index in [0.717, 1.165) is 10.6 Å². The average molecular weight is 480 g/mol. The van der Waals surface area contributed by atoms with E-state index in [-0.39, 0.29) is 25.9 Å². The molecule has 1 aromatic heterocycles. The summed E-state index contributed by atoms with van der Waals surface area (Å²) in [6, 6.07) is 1.14. The van der Waals surface area contributed by atoms with Crippen molar-refractivity contribution in [2.24, 2.45) is 0 Å². The van der Waals surface area contributed by atoms with Crippen molar-refractivity contribution in [1.82, 2.24) is 9.55 Å². The van der Waals surface area contributed by atoms with Gasteiger partial charge in [0.15, 0.2) is 6.23 Å². The van der Waals surface area contributed by atoms with Crippen LogP contribution in [0, 0.1) is 0 Å². The van der Waals surface area contributed by atoms with Gasteiger partial charge in [-0.1, -0.05) is 0 Å². The van der Waals surface area contributed by atoms with Gasteiger partial charge in [-0.05, 0) is 13.8 Å². The van der Waals surface area contributed by atoms with E-state index >= 15 is 0 Å². The first-order valence-corrected chi connectivity index (χ1v) is 11.7. The Labute approximate surface area is 183 Å². The highest BCUT2D eigenvalue weighted by Gasteiger charge is 2.51. The van der Waals surface area contributed by atoms with Gasteiger partial charge in [0.1, 0.15) is 30.5 Å². The molecule has 182 valence electrons. The van der Waals surface area contributed by atoms with Crippen molar-refractivity contribution >= 4 is 7.82 Å². The highest BCUT2D eigenvalue weighted by atomic mass is 31.2. The van der Waals surface area contributed by atoms with Crippen molar-refractivity contribution in [3.63, 3.8) is 0 Å². The molecule has 2 aliphatic rings. The number of aliphatic hydroxyl groups excluding tert-OH is 1. The Morgan fingerprint density at radius 3 is 2.66 bits per heavy atom. The van der Waals surface area contributed by atoms with Gasteiger partial charge in [-0.3, -0.25) is 23.4 Å². The normalized spacial score (nSPS) is 32.4. The largest absolute Gasteiger partial charge is 0.473 e. The van der Waals surface area contributed by atoms with E-state index < -0.39 is 55.8 Å². The molecule has 0 saturated carbocycles. The van der Waals surface area contributed by atoms with Crippen molar-refractivity contribution in [3.05, 3.63) is 33.1 Å². The molecule has 0 aliphatic carbocycles. The molecule has 1 unspecified atom stereocenters. The van der Waals surface area contributed by atoms with E-state index in [4.69, 9.17) is 28.0 Å². The second-order valence-electron chi connectivity index (χ2n) is 7.73. The molecule has 3 N–H and O–H groups in total. The van der Waals surface area contributed by atoms with Gasteiger partial charge < -0.3 is 28.9 Å². The Bertz CT molecular complexity index is 919. The van der Waals surface area contributed by atoms with Crippen LogP contribution in [0.25, 0.3) is 0 Å². The molecule has 0 amide bonds. The Balaban J connectivity index is 1.84. The first-order chi connectivity index (χ1) is 15.1. The number of ether oxygens (including phenoxy) is 4. The highest BCUT2D eigenvalue weighted by molar-refractivity contribution is 7.47. The van der Waals surface area contributed by atoms with Gasteiger partial charge in [0.05, 0.1) is 19.3 Å². The SMILES string of the molecule is CO[C@@H]1[C@H](OP(=O)(O)O[C@H]2CCO[C@@H]2CO)[C@@H](COC(C)C)O[C@H]1n1ccc(=O)[nH]c1=O. The summed E-state index contributed by atoms with van der Waals surface area (Å²) in [5.74, 6) is 0. The minimum absolute atomic E-state index is 0.0252. The number of hydrogen-bond donors (Lipinski definition) is 3. The number of aliphatic hydroxyl groups is 1. The smallest absolute Gasteiger partial charge is 0.394 e. The molecule has 0 bridgehead atoms. The van der Waals surface area contributed by atoms with Crippen molar-refractivity contribution in [2.75, 3.05) is 26.9 Å². The quantitative estimate of drug-likeness (QED) is 0.370. The van der Waals surface area contributed by atoms with Crippen LogP contribution < -0.4 is 11.2 Å². The molecule has 2 saturated heterocycles. The summed E-state index contributed by atoms with van der Waals surface area (Å²) in [5.41, 5.74) is -1.33. The Hall–Kier alpha value is -1.41. The number of hydrogen-bond acceptors (Lipinski definition) is 10. The second-order valence-corrected chi connectivity index (χ2v) is 9.09. The molecule has 3 rings (SSSR count). The second kappa shape index (κ2) is 10.7. The first-order valence-electron chi connectivity index (χ1n) is 10.2. The lowest BCUT2D eigenvalue weighted by Gasteiger charge is -2.27. The van der Waals surface area contributed by atoms with Crippen molar-refractivity contribution in [3.8, 4) is 0 Å². The molecule has 13 nitrogen and oxygen atoms in total. The predicted octanol–water partition coefficient (Wildman–Crippen LogP) is -0.474. The molecule has 0 spiro atoms. The predicted molar refractivity (Wildman–Crippen MR) is 108 cm³/mol. The number of rotatable bonds is 10. The van der Waals surface area contributed by atoms with Crippen LogP contribution in [0.5, 0.6) is 0 Å². The van der Waals surface area contributed by atoms with Crippen LogP contribution in [0.3, 0.4) is 0 Å². The van der Waals surface area contributed by atoms with Crippen LogP contribution in [0.4, 0.5) is 0 Å². The van der Waals surface area contributed by atoms with E-state index in [1.54, 1.807) is 13.8 Å². The van der Waals surface area contributed by atoms with Gasteiger partial charge in [-0.25, -0.2) is 9.36 Å². The van der Waals surface area contributed by atoms with Crippen LogP contribution in [-0.4, -0.2) is 83.1 Å². The zero-order chi connectivity index (χ0) is 23.5.